The SMILES string of the molecule is CC(C)(C)OCC(=O)NC1CCS(=O)(=O)C1. The Morgan fingerprint density at radius 2 is 2.06 bits per heavy atom. The lowest BCUT2D eigenvalue weighted by Gasteiger charge is -2.19. The number of amides is 1. The summed E-state index contributed by atoms with van der Waals surface area (Å²) in [5.74, 6) is -0.0381. The van der Waals surface area contributed by atoms with Gasteiger partial charge in [-0.3, -0.25) is 4.79 Å². The normalized spacial score (nSPS) is 24.3. The predicted molar refractivity (Wildman–Crippen MR) is 60.9 cm³/mol. The molecule has 0 aliphatic carbocycles. The standard InChI is InChI=1S/C10H19NO4S/c1-10(2,3)15-6-9(12)11-8-4-5-16(13,14)7-8/h8H,4-7H2,1-3H3,(H,11,12). The van der Waals surface area contributed by atoms with Gasteiger partial charge >= 0.3 is 0 Å². The molecule has 0 aromatic rings. The monoisotopic (exact) mass is 249 g/mol. The molecule has 1 atom stereocenters. The van der Waals surface area contributed by atoms with Gasteiger partial charge in [-0.05, 0) is 27.2 Å². The van der Waals surface area contributed by atoms with E-state index in [-0.39, 0.29) is 35.7 Å². The first-order valence-electron chi connectivity index (χ1n) is 5.32. The van der Waals surface area contributed by atoms with Crippen molar-refractivity contribution >= 4 is 15.7 Å². The second kappa shape index (κ2) is 4.71. The van der Waals surface area contributed by atoms with E-state index >= 15 is 0 Å². The van der Waals surface area contributed by atoms with Crippen molar-refractivity contribution in [1.29, 1.82) is 0 Å². The Kier molecular flexibility index (Phi) is 3.96. The molecule has 0 aromatic carbocycles. The van der Waals surface area contributed by atoms with Gasteiger partial charge < -0.3 is 10.1 Å². The topological polar surface area (TPSA) is 72.5 Å². The molecule has 0 radical (unpaired) electrons. The van der Waals surface area contributed by atoms with Crippen LogP contribution in [0.15, 0.2) is 0 Å². The summed E-state index contributed by atoms with van der Waals surface area (Å²) in [6.07, 6.45) is 0.504. The van der Waals surface area contributed by atoms with Crippen molar-refractivity contribution in [1.82, 2.24) is 5.32 Å². The molecule has 1 fully saturated rings. The third-order valence-electron chi connectivity index (χ3n) is 2.23. The Morgan fingerprint density at radius 1 is 1.44 bits per heavy atom. The van der Waals surface area contributed by atoms with E-state index in [1.165, 1.54) is 0 Å². The molecule has 1 rings (SSSR count). The first-order valence-corrected chi connectivity index (χ1v) is 7.14. The lowest BCUT2D eigenvalue weighted by molar-refractivity contribution is -0.131. The van der Waals surface area contributed by atoms with Gasteiger partial charge in [0.05, 0.1) is 17.1 Å². The summed E-state index contributed by atoms with van der Waals surface area (Å²) in [4.78, 5) is 11.4. The third kappa shape index (κ3) is 4.94. The van der Waals surface area contributed by atoms with Crippen LogP contribution in [0.1, 0.15) is 27.2 Å². The second-order valence-corrected chi connectivity index (χ2v) is 7.30. The minimum atomic E-state index is -2.94. The first-order chi connectivity index (χ1) is 7.18. The van der Waals surface area contributed by atoms with Gasteiger partial charge in [-0.1, -0.05) is 0 Å². The van der Waals surface area contributed by atoms with Crippen LogP contribution in [0.25, 0.3) is 0 Å². The van der Waals surface area contributed by atoms with Crippen LogP contribution in [0.2, 0.25) is 0 Å². The highest BCUT2D eigenvalue weighted by molar-refractivity contribution is 7.91. The van der Waals surface area contributed by atoms with Gasteiger partial charge in [0, 0.05) is 6.04 Å². The molecule has 6 heteroatoms. The van der Waals surface area contributed by atoms with Gasteiger partial charge in [-0.25, -0.2) is 8.42 Å². The number of carbonyl (C=O) groups excluding carboxylic acids is 1. The zero-order valence-electron chi connectivity index (χ0n) is 9.95. The number of ether oxygens (including phenoxy) is 1. The molecule has 1 aliphatic heterocycles. The lowest BCUT2D eigenvalue weighted by Crippen LogP contribution is -2.39. The second-order valence-electron chi connectivity index (χ2n) is 5.07. The molecule has 16 heavy (non-hydrogen) atoms. The molecule has 1 aliphatic rings. The van der Waals surface area contributed by atoms with E-state index in [1.54, 1.807) is 0 Å². The number of hydrogen-bond acceptors (Lipinski definition) is 4. The molecule has 1 saturated heterocycles. The molecular weight excluding hydrogens is 230 g/mol. The zero-order chi connectivity index (χ0) is 12.4. The average Bonchev–Trinajstić information content (AvgIpc) is 2.41. The zero-order valence-corrected chi connectivity index (χ0v) is 10.8. The molecule has 5 nitrogen and oxygen atoms in total. The number of nitrogens with one attached hydrogen (secondary N) is 1. The van der Waals surface area contributed by atoms with E-state index in [9.17, 15) is 13.2 Å². The van der Waals surface area contributed by atoms with Crippen LogP contribution in [0.4, 0.5) is 0 Å². The summed E-state index contributed by atoms with van der Waals surface area (Å²) in [5, 5.41) is 2.66. The summed E-state index contributed by atoms with van der Waals surface area (Å²) in [6, 6.07) is -0.249. The number of hydrogen-bond donors (Lipinski definition) is 1. The number of rotatable bonds is 3. The quantitative estimate of drug-likeness (QED) is 0.770. The highest BCUT2D eigenvalue weighted by Gasteiger charge is 2.29. The van der Waals surface area contributed by atoms with Crippen molar-refractivity contribution in [3.8, 4) is 0 Å². The fourth-order valence-electron chi connectivity index (χ4n) is 1.46. The Morgan fingerprint density at radius 3 is 2.50 bits per heavy atom. The van der Waals surface area contributed by atoms with E-state index in [0.717, 1.165) is 0 Å². The summed E-state index contributed by atoms with van der Waals surface area (Å²) < 4.78 is 27.6. The summed E-state index contributed by atoms with van der Waals surface area (Å²) in [7, 11) is -2.94. The van der Waals surface area contributed by atoms with Crippen LogP contribution in [0.5, 0.6) is 0 Å². The van der Waals surface area contributed by atoms with Gasteiger partial charge in [-0.15, -0.1) is 0 Å². The molecule has 0 bridgehead atoms. The average molecular weight is 249 g/mol. The fourth-order valence-corrected chi connectivity index (χ4v) is 3.13. The van der Waals surface area contributed by atoms with Crippen molar-refractivity contribution in [2.75, 3.05) is 18.1 Å². The highest BCUT2D eigenvalue weighted by Crippen LogP contribution is 2.11. The van der Waals surface area contributed by atoms with Crippen LogP contribution in [-0.4, -0.2) is 44.1 Å². The maximum atomic E-state index is 11.4. The number of sulfone groups is 1. The largest absolute Gasteiger partial charge is 0.366 e. The smallest absolute Gasteiger partial charge is 0.246 e. The van der Waals surface area contributed by atoms with Gasteiger partial charge in [-0.2, -0.15) is 0 Å². The van der Waals surface area contributed by atoms with Gasteiger partial charge in [0.25, 0.3) is 0 Å². The van der Waals surface area contributed by atoms with Gasteiger partial charge in [0.15, 0.2) is 9.84 Å². The van der Waals surface area contributed by atoms with E-state index in [2.05, 4.69) is 5.32 Å². The fraction of sp³-hybridized carbons (Fsp3) is 0.900. The van der Waals surface area contributed by atoms with Crippen LogP contribution in [-0.2, 0) is 19.4 Å². The van der Waals surface area contributed by atoms with Crippen molar-refractivity contribution in [2.45, 2.75) is 38.8 Å². The van der Waals surface area contributed by atoms with Crippen molar-refractivity contribution in [3.63, 3.8) is 0 Å². The van der Waals surface area contributed by atoms with Crippen molar-refractivity contribution < 1.29 is 17.9 Å². The Labute approximate surface area is 96.5 Å². The molecule has 1 amide bonds. The van der Waals surface area contributed by atoms with E-state index < -0.39 is 9.84 Å². The molecule has 1 N–H and O–H groups in total. The number of carbonyl (C=O) groups is 1. The highest BCUT2D eigenvalue weighted by atomic mass is 32.2. The minimum Gasteiger partial charge on any atom is -0.366 e. The first kappa shape index (κ1) is 13.4. The van der Waals surface area contributed by atoms with E-state index in [0.29, 0.717) is 6.42 Å². The summed E-state index contributed by atoms with van der Waals surface area (Å²) in [5.41, 5.74) is -0.362. The molecule has 1 heterocycles. The Balaban J connectivity index is 2.31. The van der Waals surface area contributed by atoms with E-state index in [1.807, 2.05) is 20.8 Å². The Bertz CT molecular complexity index is 356. The third-order valence-corrected chi connectivity index (χ3v) is 4.00. The molecule has 0 aromatic heterocycles. The van der Waals surface area contributed by atoms with Crippen LogP contribution in [0, 0.1) is 0 Å². The van der Waals surface area contributed by atoms with Crippen molar-refractivity contribution in [2.24, 2.45) is 0 Å². The maximum Gasteiger partial charge on any atom is 0.246 e. The van der Waals surface area contributed by atoms with E-state index in [4.69, 9.17) is 4.74 Å². The van der Waals surface area contributed by atoms with Gasteiger partial charge in [0.1, 0.15) is 6.61 Å². The van der Waals surface area contributed by atoms with Crippen LogP contribution >= 0.6 is 0 Å². The molecule has 1 unspecified atom stereocenters. The molecular formula is C10H19NO4S. The van der Waals surface area contributed by atoms with Crippen LogP contribution < -0.4 is 5.32 Å². The predicted octanol–water partition coefficient (Wildman–Crippen LogP) is 0.105. The summed E-state index contributed by atoms with van der Waals surface area (Å²) >= 11 is 0. The maximum absolute atomic E-state index is 11.4. The molecule has 94 valence electrons. The Hall–Kier alpha value is -0.620. The van der Waals surface area contributed by atoms with Crippen molar-refractivity contribution in [3.05, 3.63) is 0 Å². The lowest BCUT2D eigenvalue weighted by atomic mass is 10.2. The van der Waals surface area contributed by atoms with Gasteiger partial charge in [0.2, 0.25) is 5.91 Å². The molecule has 0 saturated carbocycles. The minimum absolute atomic E-state index is 0.0277. The summed E-state index contributed by atoms with van der Waals surface area (Å²) in [6.45, 7) is 5.56. The molecule has 0 spiro atoms. The van der Waals surface area contributed by atoms with Crippen LogP contribution in [0.3, 0.4) is 0 Å².